The maximum atomic E-state index is 4.01. The Morgan fingerprint density at radius 2 is 2.60 bits per heavy atom. The fourth-order valence-corrected chi connectivity index (χ4v) is 1.11. The summed E-state index contributed by atoms with van der Waals surface area (Å²) < 4.78 is 3.71. The molecule has 0 aromatic carbocycles. The molecule has 0 unspecified atom stereocenters. The molecule has 0 aliphatic carbocycles. The molecule has 1 aliphatic heterocycles. The minimum Gasteiger partial charge on any atom is -0.343 e. The van der Waals surface area contributed by atoms with Crippen LogP contribution in [-0.2, 0) is 0 Å². The van der Waals surface area contributed by atoms with Crippen LogP contribution in [0.25, 0.3) is 5.70 Å². The van der Waals surface area contributed by atoms with Gasteiger partial charge in [-0.05, 0) is 0 Å². The van der Waals surface area contributed by atoms with Crippen LogP contribution in [-0.4, -0.2) is 9.97 Å². The van der Waals surface area contributed by atoms with Gasteiger partial charge in [0.2, 0.25) is 0 Å². The molecule has 0 spiro atoms. The third-order valence-corrected chi connectivity index (χ3v) is 1.61. The third kappa shape index (κ3) is 0.841. The number of rotatable bonds is 1. The summed E-state index contributed by atoms with van der Waals surface area (Å²) in [5, 5.41) is 5.68. The summed E-state index contributed by atoms with van der Waals surface area (Å²) in [6.07, 6.45) is 3.45. The first kappa shape index (κ1) is 5.67. The molecule has 4 nitrogen and oxygen atoms in total. The van der Waals surface area contributed by atoms with Gasteiger partial charge in [0, 0.05) is 12.4 Å². The van der Waals surface area contributed by atoms with Gasteiger partial charge in [-0.3, -0.25) is 0 Å². The number of nitrogens with one attached hydrogen (secondary N) is 1. The Balaban J connectivity index is 2.36. The summed E-state index contributed by atoms with van der Waals surface area (Å²) in [6.45, 7) is 0. The molecule has 1 radical (unpaired) electrons. The average molecular weight is 152 g/mol. The highest BCUT2D eigenvalue weighted by molar-refractivity contribution is 8.00. The zero-order valence-electron chi connectivity index (χ0n) is 4.98. The van der Waals surface area contributed by atoms with Crippen molar-refractivity contribution in [3.05, 3.63) is 23.6 Å². The summed E-state index contributed by atoms with van der Waals surface area (Å²) in [5.41, 5.74) is 0.801. The summed E-state index contributed by atoms with van der Waals surface area (Å²) in [4.78, 5) is 6.94. The quantitative estimate of drug-likeness (QED) is 0.614. The fraction of sp³-hybridized carbons (Fsp3) is 0. The van der Waals surface area contributed by atoms with Crippen molar-refractivity contribution >= 4 is 17.6 Å². The van der Waals surface area contributed by atoms with Crippen LogP contribution in [0.4, 0.5) is 0 Å². The molecule has 0 bridgehead atoms. The Bertz CT molecular complexity index is 274. The zero-order chi connectivity index (χ0) is 6.81. The van der Waals surface area contributed by atoms with E-state index in [0.717, 1.165) is 11.5 Å². The first-order chi connectivity index (χ1) is 4.97. The van der Waals surface area contributed by atoms with E-state index >= 15 is 0 Å². The van der Waals surface area contributed by atoms with E-state index in [-0.39, 0.29) is 0 Å². The molecule has 0 saturated heterocycles. The number of aromatic amines is 1. The topological polar surface area (TPSA) is 55.1 Å². The monoisotopic (exact) mass is 152 g/mol. The summed E-state index contributed by atoms with van der Waals surface area (Å²) in [7, 11) is 0. The van der Waals surface area contributed by atoms with Crippen LogP contribution >= 0.6 is 11.9 Å². The standard InChI is InChI=1S/C5H4N4S/c1-2-7-5(6-1)4-3-10-9-8-4/h1-3H,(H,6,7)/q+1. The van der Waals surface area contributed by atoms with E-state index in [0.29, 0.717) is 0 Å². The highest BCUT2D eigenvalue weighted by Gasteiger charge is 2.16. The van der Waals surface area contributed by atoms with E-state index < -0.39 is 0 Å². The minimum absolute atomic E-state index is 0.772. The molecule has 1 aromatic rings. The highest BCUT2D eigenvalue weighted by Crippen LogP contribution is 2.19. The Hall–Kier alpha value is -1.10. The Labute approximate surface area is 61.6 Å². The lowest BCUT2D eigenvalue weighted by atomic mass is 10.5. The van der Waals surface area contributed by atoms with Crippen molar-refractivity contribution in [3.8, 4) is 0 Å². The number of nitrogens with zero attached hydrogens (tertiary/aromatic N) is 3. The van der Waals surface area contributed by atoms with Crippen LogP contribution in [0.1, 0.15) is 5.82 Å². The molecule has 1 aromatic heterocycles. The SMILES string of the molecule is C1=C(c2ncc[nH]2)N=[N+]S1. The molecule has 1 N–H and O–H groups in total. The van der Waals surface area contributed by atoms with Gasteiger partial charge in [0.1, 0.15) is 0 Å². The number of H-pyrrole nitrogens is 1. The van der Waals surface area contributed by atoms with E-state index in [4.69, 9.17) is 0 Å². The molecule has 2 rings (SSSR count). The maximum absolute atomic E-state index is 4.01. The van der Waals surface area contributed by atoms with Crippen molar-refractivity contribution in [1.29, 1.82) is 0 Å². The minimum atomic E-state index is 0.772. The van der Waals surface area contributed by atoms with E-state index in [9.17, 15) is 0 Å². The molecule has 0 amide bonds. The van der Waals surface area contributed by atoms with Crippen LogP contribution < -0.4 is 4.52 Å². The predicted molar refractivity (Wildman–Crippen MR) is 38.7 cm³/mol. The zero-order valence-corrected chi connectivity index (χ0v) is 5.80. The lowest BCUT2D eigenvalue weighted by Gasteiger charge is -1.80. The molecule has 5 heteroatoms. The average Bonchev–Trinajstić information content (AvgIpc) is 2.59. The van der Waals surface area contributed by atoms with Gasteiger partial charge in [-0.15, -0.1) is 0 Å². The van der Waals surface area contributed by atoms with Gasteiger partial charge in [0.25, 0.3) is 4.52 Å². The number of hydrogen-bond acceptors (Lipinski definition) is 4. The smallest absolute Gasteiger partial charge is 0.307 e. The van der Waals surface area contributed by atoms with Crippen molar-refractivity contribution in [1.82, 2.24) is 14.5 Å². The first-order valence-corrected chi connectivity index (χ1v) is 3.57. The summed E-state index contributed by atoms with van der Waals surface area (Å²) >= 11 is 1.32. The Morgan fingerprint density at radius 1 is 1.60 bits per heavy atom. The molecule has 0 saturated carbocycles. The van der Waals surface area contributed by atoms with E-state index in [1.165, 1.54) is 11.9 Å². The largest absolute Gasteiger partial charge is 0.343 e. The van der Waals surface area contributed by atoms with E-state index in [1.54, 1.807) is 12.4 Å². The maximum Gasteiger partial charge on any atom is 0.307 e. The second kappa shape index (κ2) is 2.26. The molecule has 0 fully saturated rings. The predicted octanol–water partition coefficient (Wildman–Crippen LogP) is 1.16. The summed E-state index contributed by atoms with van der Waals surface area (Å²) in [6, 6.07) is 0. The van der Waals surface area contributed by atoms with Gasteiger partial charge in [0.05, 0.1) is 10.5 Å². The van der Waals surface area contributed by atoms with Crippen LogP contribution in [0, 0.1) is 0 Å². The van der Waals surface area contributed by atoms with Gasteiger partial charge in [-0.2, -0.15) is 0 Å². The molecule has 2 heterocycles. The van der Waals surface area contributed by atoms with Crippen LogP contribution in [0.5, 0.6) is 0 Å². The molecular weight excluding hydrogens is 148 g/mol. The highest BCUT2D eigenvalue weighted by atomic mass is 32.2. The number of hydrogen-bond donors (Lipinski definition) is 1. The second-order valence-electron chi connectivity index (χ2n) is 1.73. The van der Waals surface area contributed by atoms with Gasteiger partial charge >= 0.3 is 11.9 Å². The van der Waals surface area contributed by atoms with Crippen molar-refractivity contribution in [2.24, 2.45) is 5.11 Å². The number of aromatic nitrogens is 2. The van der Waals surface area contributed by atoms with Crippen molar-refractivity contribution in [2.75, 3.05) is 0 Å². The lowest BCUT2D eigenvalue weighted by Crippen LogP contribution is -1.79. The van der Waals surface area contributed by atoms with Crippen LogP contribution in [0.2, 0.25) is 0 Å². The van der Waals surface area contributed by atoms with Gasteiger partial charge in [0.15, 0.2) is 11.5 Å². The Morgan fingerprint density at radius 3 is 3.20 bits per heavy atom. The Kier molecular flexibility index (Phi) is 1.28. The lowest BCUT2D eigenvalue weighted by molar-refractivity contribution is 1.17. The van der Waals surface area contributed by atoms with Gasteiger partial charge < -0.3 is 4.98 Å². The van der Waals surface area contributed by atoms with Crippen LogP contribution in [0.3, 0.4) is 0 Å². The normalized spacial score (nSPS) is 15.8. The van der Waals surface area contributed by atoms with Crippen molar-refractivity contribution < 1.29 is 0 Å². The number of imidazole rings is 1. The van der Waals surface area contributed by atoms with E-state index in [1.807, 2.05) is 5.41 Å². The third-order valence-electron chi connectivity index (χ3n) is 1.10. The van der Waals surface area contributed by atoms with Crippen molar-refractivity contribution in [2.45, 2.75) is 0 Å². The second-order valence-corrected chi connectivity index (χ2v) is 2.34. The first-order valence-electron chi connectivity index (χ1n) is 2.73. The van der Waals surface area contributed by atoms with Crippen molar-refractivity contribution in [3.63, 3.8) is 0 Å². The molecule has 1 aliphatic rings. The summed E-state index contributed by atoms with van der Waals surface area (Å²) in [5.74, 6) is 0.772. The molecule has 10 heavy (non-hydrogen) atoms. The molecule has 49 valence electrons. The van der Waals surface area contributed by atoms with Gasteiger partial charge in [-0.1, -0.05) is 0 Å². The van der Waals surface area contributed by atoms with Crippen LogP contribution in [0.15, 0.2) is 22.9 Å². The molecule has 0 atom stereocenters. The fourth-order valence-electron chi connectivity index (χ4n) is 0.673. The molecular formula is C5H4N4S+. The van der Waals surface area contributed by atoms with E-state index in [2.05, 4.69) is 19.6 Å². The van der Waals surface area contributed by atoms with Gasteiger partial charge in [-0.25, -0.2) is 4.98 Å².